The zero-order valence-electron chi connectivity index (χ0n) is 18.9. The Labute approximate surface area is 197 Å². The van der Waals surface area contributed by atoms with Crippen LogP contribution in [-0.2, 0) is 21.2 Å². The van der Waals surface area contributed by atoms with Crippen molar-refractivity contribution < 1.29 is 27.4 Å². The Morgan fingerprint density at radius 3 is 2.56 bits per heavy atom. The number of hydrogen-bond acceptors (Lipinski definition) is 5. The Balaban J connectivity index is 1.49. The third-order valence-electron chi connectivity index (χ3n) is 6.66. The monoisotopic (exact) mass is 487 g/mol. The molecule has 1 unspecified atom stereocenters. The average Bonchev–Trinajstić information content (AvgIpc) is 3.31. The van der Waals surface area contributed by atoms with Crippen molar-refractivity contribution in [3.8, 4) is 5.75 Å². The topological polar surface area (TPSA) is 102 Å². The van der Waals surface area contributed by atoms with E-state index in [0.717, 1.165) is 12.8 Å². The maximum atomic E-state index is 14.1. The highest BCUT2D eigenvalue weighted by Gasteiger charge is 2.58. The number of sulfonamides is 1. The van der Waals surface area contributed by atoms with Crippen molar-refractivity contribution in [3.63, 3.8) is 0 Å². The number of carboxylic acid groups (broad SMARTS) is 1. The molecular weight excluding hydrogens is 461 g/mol. The molecule has 1 atom stereocenters. The minimum atomic E-state index is -3.76. The van der Waals surface area contributed by atoms with Crippen molar-refractivity contribution in [2.45, 2.75) is 50.2 Å². The van der Waals surface area contributed by atoms with Crippen LogP contribution in [0.25, 0.3) is 10.9 Å². The number of halogens is 1. The molecule has 2 fully saturated rings. The molecular formula is C24H26FN3O5S. The van der Waals surface area contributed by atoms with Gasteiger partial charge in [0.2, 0.25) is 10.0 Å². The summed E-state index contributed by atoms with van der Waals surface area (Å²) < 4.78 is 49.7. The Hall–Kier alpha value is -2.98. The molecule has 2 aromatic carbocycles. The van der Waals surface area contributed by atoms with Gasteiger partial charge in [0.15, 0.2) is 0 Å². The second-order valence-electron chi connectivity index (χ2n) is 9.44. The lowest BCUT2D eigenvalue weighted by molar-refractivity contribution is -0.136. The quantitative estimate of drug-likeness (QED) is 0.546. The van der Waals surface area contributed by atoms with Gasteiger partial charge in [-0.3, -0.25) is 9.48 Å². The molecule has 1 N–H and O–H groups in total. The van der Waals surface area contributed by atoms with Crippen LogP contribution in [0, 0.1) is 11.2 Å². The fraction of sp³-hybridized carbons (Fsp3) is 0.417. The molecule has 3 aromatic rings. The first-order chi connectivity index (χ1) is 16.1. The molecule has 0 amide bonds. The van der Waals surface area contributed by atoms with Crippen LogP contribution in [0.15, 0.2) is 47.4 Å². The van der Waals surface area contributed by atoms with Gasteiger partial charge in [0, 0.05) is 23.9 Å². The van der Waals surface area contributed by atoms with E-state index in [1.165, 1.54) is 22.5 Å². The molecule has 2 heterocycles. The lowest BCUT2D eigenvalue weighted by Crippen LogP contribution is -2.29. The van der Waals surface area contributed by atoms with E-state index in [1.54, 1.807) is 28.9 Å². The third-order valence-corrected chi connectivity index (χ3v) is 8.49. The van der Waals surface area contributed by atoms with Crippen molar-refractivity contribution in [2.24, 2.45) is 5.41 Å². The predicted molar refractivity (Wildman–Crippen MR) is 123 cm³/mol. The van der Waals surface area contributed by atoms with Crippen LogP contribution in [0.3, 0.4) is 0 Å². The summed E-state index contributed by atoms with van der Waals surface area (Å²) in [4.78, 5) is 11.5. The SMILES string of the molecule is CC(C)Oc1ccc(S(=O)(=O)N2CC(n3nc(CC(=O)O)c4ccc(F)cc43)C3(CC3)C2)cc1. The van der Waals surface area contributed by atoms with Gasteiger partial charge < -0.3 is 9.84 Å². The Bertz CT molecular complexity index is 1360. The fourth-order valence-corrected chi connectivity index (χ4v) is 6.42. The molecule has 1 aliphatic heterocycles. The minimum absolute atomic E-state index is 0.0173. The van der Waals surface area contributed by atoms with Gasteiger partial charge in [-0.2, -0.15) is 9.40 Å². The second kappa shape index (κ2) is 8.06. The molecule has 1 aliphatic carbocycles. The summed E-state index contributed by atoms with van der Waals surface area (Å²) in [6.45, 7) is 4.33. The summed E-state index contributed by atoms with van der Waals surface area (Å²) in [5.41, 5.74) is 0.543. The zero-order chi connectivity index (χ0) is 24.3. The van der Waals surface area contributed by atoms with Crippen molar-refractivity contribution >= 4 is 26.9 Å². The highest BCUT2D eigenvalue weighted by Crippen LogP contribution is 2.59. The van der Waals surface area contributed by atoms with E-state index in [0.29, 0.717) is 28.9 Å². The van der Waals surface area contributed by atoms with E-state index >= 15 is 0 Å². The Kier molecular flexibility index (Phi) is 5.40. The van der Waals surface area contributed by atoms with Gasteiger partial charge in [-0.1, -0.05) is 0 Å². The first kappa shape index (κ1) is 22.8. The number of nitrogens with zero attached hydrogens (tertiary/aromatic N) is 3. The number of benzene rings is 2. The number of ether oxygens (including phenoxy) is 1. The van der Waals surface area contributed by atoms with Crippen molar-refractivity contribution in [1.29, 1.82) is 0 Å². The number of rotatable bonds is 7. The van der Waals surface area contributed by atoms with Crippen LogP contribution in [0.4, 0.5) is 4.39 Å². The number of fused-ring (bicyclic) bond motifs is 1. The van der Waals surface area contributed by atoms with Crippen LogP contribution >= 0.6 is 0 Å². The fourth-order valence-electron chi connectivity index (χ4n) is 4.88. The van der Waals surface area contributed by atoms with Gasteiger partial charge >= 0.3 is 5.97 Å². The number of aromatic nitrogens is 2. The number of aliphatic carboxylic acids is 1. The molecule has 1 saturated heterocycles. The third kappa shape index (κ3) is 3.94. The number of carbonyl (C=O) groups is 1. The first-order valence-electron chi connectivity index (χ1n) is 11.2. The van der Waals surface area contributed by atoms with E-state index in [4.69, 9.17) is 4.74 Å². The van der Waals surface area contributed by atoms with Crippen molar-refractivity contribution in [1.82, 2.24) is 14.1 Å². The lowest BCUT2D eigenvalue weighted by atomic mass is 10.0. The zero-order valence-corrected chi connectivity index (χ0v) is 19.8. The van der Waals surface area contributed by atoms with Crippen LogP contribution in [0.1, 0.15) is 38.4 Å². The van der Waals surface area contributed by atoms with Gasteiger partial charge in [-0.05, 0) is 69.2 Å². The standard InChI is InChI=1S/C24H26FN3O5S/c1-15(2)33-17-4-6-18(7-5-17)34(31,32)27-13-22(24(14-27)9-10-24)28-21-11-16(25)3-8-19(21)20(26-28)12-23(29)30/h3-8,11,15,22H,9-10,12-14H2,1-2H3,(H,29,30). The first-order valence-corrected chi connectivity index (χ1v) is 12.7. The van der Waals surface area contributed by atoms with E-state index in [1.807, 2.05) is 13.8 Å². The molecule has 34 heavy (non-hydrogen) atoms. The van der Waals surface area contributed by atoms with Gasteiger partial charge in [0.1, 0.15) is 11.6 Å². The number of carboxylic acids is 1. The van der Waals surface area contributed by atoms with Crippen LogP contribution in [-0.4, -0.2) is 52.8 Å². The normalized spacial score (nSPS) is 19.8. The maximum absolute atomic E-state index is 14.1. The average molecular weight is 488 g/mol. The summed E-state index contributed by atoms with van der Waals surface area (Å²) in [5.74, 6) is -0.882. The molecule has 0 bridgehead atoms. The highest BCUT2D eigenvalue weighted by molar-refractivity contribution is 7.89. The van der Waals surface area contributed by atoms with E-state index in [-0.39, 0.29) is 35.4 Å². The summed E-state index contributed by atoms with van der Waals surface area (Å²) in [6, 6.07) is 10.2. The molecule has 10 heteroatoms. The van der Waals surface area contributed by atoms with Gasteiger partial charge in [-0.25, -0.2) is 12.8 Å². The van der Waals surface area contributed by atoms with E-state index in [9.17, 15) is 22.7 Å². The summed E-state index contributed by atoms with van der Waals surface area (Å²) in [5, 5.41) is 14.4. The van der Waals surface area contributed by atoms with E-state index < -0.39 is 21.8 Å². The highest BCUT2D eigenvalue weighted by atomic mass is 32.2. The van der Waals surface area contributed by atoms with Crippen molar-refractivity contribution in [3.05, 3.63) is 54.0 Å². The van der Waals surface area contributed by atoms with Crippen molar-refractivity contribution in [2.75, 3.05) is 13.1 Å². The molecule has 8 nitrogen and oxygen atoms in total. The summed E-state index contributed by atoms with van der Waals surface area (Å²) >= 11 is 0. The second-order valence-corrected chi connectivity index (χ2v) is 11.4. The smallest absolute Gasteiger partial charge is 0.309 e. The molecule has 2 aliphatic rings. The molecule has 1 aromatic heterocycles. The molecule has 180 valence electrons. The molecule has 5 rings (SSSR count). The van der Waals surface area contributed by atoms with Crippen LogP contribution < -0.4 is 4.74 Å². The molecule has 1 spiro atoms. The minimum Gasteiger partial charge on any atom is -0.491 e. The predicted octanol–water partition coefficient (Wildman–Crippen LogP) is 3.62. The summed E-state index contributed by atoms with van der Waals surface area (Å²) in [7, 11) is -3.76. The Morgan fingerprint density at radius 2 is 1.94 bits per heavy atom. The summed E-state index contributed by atoms with van der Waals surface area (Å²) in [6.07, 6.45) is 1.35. The largest absolute Gasteiger partial charge is 0.491 e. The lowest BCUT2D eigenvalue weighted by Gasteiger charge is -2.19. The van der Waals surface area contributed by atoms with Gasteiger partial charge in [0.05, 0.1) is 34.7 Å². The van der Waals surface area contributed by atoms with Gasteiger partial charge in [-0.15, -0.1) is 0 Å². The molecule has 0 radical (unpaired) electrons. The van der Waals surface area contributed by atoms with Crippen LogP contribution in [0.2, 0.25) is 0 Å². The number of hydrogen-bond donors (Lipinski definition) is 1. The van der Waals surface area contributed by atoms with Crippen LogP contribution in [0.5, 0.6) is 5.75 Å². The Morgan fingerprint density at radius 1 is 1.24 bits per heavy atom. The van der Waals surface area contributed by atoms with Gasteiger partial charge in [0.25, 0.3) is 0 Å². The molecule has 1 saturated carbocycles. The maximum Gasteiger partial charge on any atom is 0.309 e. The van der Waals surface area contributed by atoms with E-state index in [2.05, 4.69) is 5.10 Å².